The highest BCUT2D eigenvalue weighted by atomic mass is 16.6. The van der Waals surface area contributed by atoms with Crippen LogP contribution in [-0.2, 0) is 9.53 Å². The van der Waals surface area contributed by atoms with Gasteiger partial charge in [-0.05, 0) is 12.1 Å². The molecule has 0 bridgehead atoms. The monoisotopic (exact) mass is 277 g/mol. The van der Waals surface area contributed by atoms with Crippen molar-refractivity contribution >= 4 is 17.9 Å². The van der Waals surface area contributed by atoms with Crippen LogP contribution in [0.2, 0.25) is 0 Å². The molecule has 0 amide bonds. The molecule has 0 radical (unpaired) electrons. The van der Waals surface area contributed by atoms with Gasteiger partial charge in [-0.25, -0.2) is 9.79 Å². The molecular weight excluding hydrogens is 262 g/mol. The van der Waals surface area contributed by atoms with Crippen LogP contribution in [0.1, 0.15) is 12.5 Å². The SMILES string of the molecule is COc1cc(OC)c(OC)cc1C=C1N=C(C)OC1=O. The minimum atomic E-state index is -0.487. The van der Waals surface area contributed by atoms with Crippen LogP contribution in [0.25, 0.3) is 6.08 Å². The maximum atomic E-state index is 11.6. The zero-order valence-corrected chi connectivity index (χ0v) is 11.7. The number of methoxy groups -OCH3 is 3. The minimum absolute atomic E-state index is 0.216. The molecular formula is C14H15NO5. The van der Waals surface area contributed by atoms with Crippen molar-refractivity contribution in [3.63, 3.8) is 0 Å². The van der Waals surface area contributed by atoms with E-state index in [1.54, 1.807) is 25.1 Å². The molecule has 0 saturated carbocycles. The molecule has 1 aliphatic rings. The van der Waals surface area contributed by atoms with Crippen molar-refractivity contribution in [2.45, 2.75) is 6.92 Å². The fraction of sp³-hybridized carbons (Fsp3) is 0.286. The smallest absolute Gasteiger partial charge is 0.363 e. The summed E-state index contributed by atoms with van der Waals surface area (Å²) < 4.78 is 20.6. The van der Waals surface area contributed by atoms with Crippen LogP contribution in [0, 0.1) is 0 Å². The first-order chi connectivity index (χ1) is 9.58. The van der Waals surface area contributed by atoms with Crippen molar-refractivity contribution in [3.05, 3.63) is 23.4 Å². The number of hydrogen-bond acceptors (Lipinski definition) is 6. The van der Waals surface area contributed by atoms with Gasteiger partial charge in [0.2, 0.25) is 0 Å². The second-order valence-corrected chi connectivity index (χ2v) is 4.00. The second-order valence-electron chi connectivity index (χ2n) is 4.00. The van der Waals surface area contributed by atoms with Gasteiger partial charge in [-0.2, -0.15) is 0 Å². The molecule has 20 heavy (non-hydrogen) atoms. The molecule has 0 fully saturated rings. The molecule has 0 aliphatic carbocycles. The number of nitrogens with zero attached hydrogens (tertiary/aromatic N) is 1. The maximum absolute atomic E-state index is 11.6. The molecule has 1 aliphatic heterocycles. The van der Waals surface area contributed by atoms with Gasteiger partial charge in [0.1, 0.15) is 5.75 Å². The lowest BCUT2D eigenvalue weighted by atomic mass is 10.1. The molecule has 0 atom stereocenters. The van der Waals surface area contributed by atoms with Crippen LogP contribution in [0.5, 0.6) is 17.2 Å². The predicted octanol–water partition coefficient (Wildman–Crippen LogP) is 2.03. The third-order valence-electron chi connectivity index (χ3n) is 2.76. The Morgan fingerprint density at radius 3 is 2.15 bits per heavy atom. The largest absolute Gasteiger partial charge is 0.496 e. The number of aliphatic imine (C=N–C) groups is 1. The van der Waals surface area contributed by atoms with Crippen molar-refractivity contribution in [2.75, 3.05) is 21.3 Å². The Morgan fingerprint density at radius 2 is 1.65 bits per heavy atom. The predicted molar refractivity (Wildman–Crippen MR) is 73.3 cm³/mol. The van der Waals surface area contributed by atoms with Crippen molar-refractivity contribution < 1.29 is 23.7 Å². The zero-order valence-electron chi connectivity index (χ0n) is 11.7. The molecule has 0 saturated heterocycles. The van der Waals surface area contributed by atoms with E-state index in [9.17, 15) is 4.79 Å². The molecule has 0 unspecified atom stereocenters. The molecule has 6 heteroatoms. The van der Waals surface area contributed by atoms with Crippen LogP contribution >= 0.6 is 0 Å². The lowest BCUT2D eigenvalue weighted by Gasteiger charge is -2.12. The summed E-state index contributed by atoms with van der Waals surface area (Å²) in [7, 11) is 4.61. The fourth-order valence-electron chi connectivity index (χ4n) is 1.83. The van der Waals surface area contributed by atoms with E-state index >= 15 is 0 Å². The Labute approximate surface area is 116 Å². The average Bonchev–Trinajstić information content (AvgIpc) is 2.76. The number of benzene rings is 1. The lowest BCUT2D eigenvalue weighted by Crippen LogP contribution is -2.00. The summed E-state index contributed by atoms with van der Waals surface area (Å²) in [5.74, 6) is 1.45. The van der Waals surface area contributed by atoms with Crippen LogP contribution in [0.4, 0.5) is 0 Å². The van der Waals surface area contributed by atoms with E-state index in [0.717, 1.165) is 0 Å². The first kappa shape index (κ1) is 13.9. The first-order valence-corrected chi connectivity index (χ1v) is 5.88. The van der Waals surface area contributed by atoms with E-state index < -0.39 is 5.97 Å². The van der Waals surface area contributed by atoms with Crippen LogP contribution in [0.3, 0.4) is 0 Å². The van der Waals surface area contributed by atoms with Gasteiger partial charge in [0.05, 0.1) is 21.3 Å². The van der Waals surface area contributed by atoms with Crippen molar-refractivity contribution in [1.29, 1.82) is 0 Å². The molecule has 2 rings (SSSR count). The van der Waals surface area contributed by atoms with E-state index in [2.05, 4.69) is 4.99 Å². The fourth-order valence-corrected chi connectivity index (χ4v) is 1.83. The van der Waals surface area contributed by atoms with Gasteiger partial charge < -0.3 is 18.9 Å². The Kier molecular flexibility index (Phi) is 3.93. The summed E-state index contributed by atoms with van der Waals surface area (Å²) in [6.45, 7) is 1.62. The number of ether oxygens (including phenoxy) is 4. The van der Waals surface area contributed by atoms with E-state index in [1.807, 2.05) is 0 Å². The molecule has 1 aromatic carbocycles. The Balaban J connectivity index is 2.51. The highest BCUT2D eigenvalue weighted by Crippen LogP contribution is 2.36. The average molecular weight is 277 g/mol. The zero-order chi connectivity index (χ0) is 14.7. The van der Waals surface area contributed by atoms with Gasteiger partial charge in [-0.15, -0.1) is 0 Å². The number of rotatable bonds is 4. The van der Waals surface area contributed by atoms with Gasteiger partial charge in [0.25, 0.3) is 0 Å². The number of cyclic esters (lactones) is 1. The topological polar surface area (TPSA) is 66.3 Å². The van der Waals surface area contributed by atoms with Gasteiger partial charge in [0.15, 0.2) is 23.1 Å². The van der Waals surface area contributed by atoms with Gasteiger partial charge in [-0.1, -0.05) is 0 Å². The van der Waals surface area contributed by atoms with Crippen molar-refractivity contribution in [3.8, 4) is 17.2 Å². The van der Waals surface area contributed by atoms with Gasteiger partial charge in [0, 0.05) is 18.6 Å². The summed E-state index contributed by atoms with van der Waals surface area (Å²) in [5, 5.41) is 0. The highest BCUT2D eigenvalue weighted by molar-refractivity contribution is 6.06. The standard InChI is InChI=1S/C14H15NO5/c1-8-15-10(14(16)20-8)5-9-6-12(18-3)13(19-4)7-11(9)17-2/h5-7H,1-4H3. The molecule has 0 spiro atoms. The number of carbonyl (C=O) groups excluding carboxylic acids is 1. The Morgan fingerprint density at radius 1 is 1.05 bits per heavy atom. The molecule has 1 aromatic rings. The number of esters is 1. The first-order valence-electron chi connectivity index (χ1n) is 5.88. The third-order valence-corrected chi connectivity index (χ3v) is 2.76. The molecule has 0 N–H and O–H groups in total. The summed E-state index contributed by atoms with van der Waals surface area (Å²) in [5.41, 5.74) is 0.864. The Hall–Kier alpha value is -2.50. The second kappa shape index (κ2) is 5.64. The number of carbonyl (C=O) groups is 1. The number of hydrogen-bond donors (Lipinski definition) is 0. The molecule has 6 nitrogen and oxygen atoms in total. The summed E-state index contributed by atoms with van der Waals surface area (Å²) >= 11 is 0. The van der Waals surface area contributed by atoms with Crippen LogP contribution in [0.15, 0.2) is 22.8 Å². The molecule has 106 valence electrons. The maximum Gasteiger partial charge on any atom is 0.363 e. The highest BCUT2D eigenvalue weighted by Gasteiger charge is 2.21. The van der Waals surface area contributed by atoms with Crippen molar-refractivity contribution in [1.82, 2.24) is 0 Å². The van der Waals surface area contributed by atoms with E-state index in [0.29, 0.717) is 28.7 Å². The quantitative estimate of drug-likeness (QED) is 0.622. The normalized spacial score (nSPS) is 15.9. The minimum Gasteiger partial charge on any atom is -0.496 e. The summed E-state index contributed by atoms with van der Waals surface area (Å²) in [6.07, 6.45) is 1.58. The van der Waals surface area contributed by atoms with E-state index in [-0.39, 0.29) is 5.70 Å². The molecule has 1 heterocycles. The van der Waals surface area contributed by atoms with Crippen LogP contribution in [-0.4, -0.2) is 33.2 Å². The van der Waals surface area contributed by atoms with Gasteiger partial charge >= 0.3 is 5.97 Å². The summed E-state index contributed by atoms with van der Waals surface area (Å²) in [4.78, 5) is 15.6. The Bertz CT molecular complexity index is 604. The molecule has 0 aromatic heterocycles. The third kappa shape index (κ3) is 2.59. The van der Waals surface area contributed by atoms with E-state index in [4.69, 9.17) is 18.9 Å². The van der Waals surface area contributed by atoms with E-state index in [1.165, 1.54) is 21.3 Å². The van der Waals surface area contributed by atoms with Crippen LogP contribution < -0.4 is 14.2 Å². The lowest BCUT2D eigenvalue weighted by molar-refractivity contribution is -0.130. The summed E-state index contributed by atoms with van der Waals surface area (Å²) in [6, 6.07) is 3.39. The van der Waals surface area contributed by atoms with Crippen molar-refractivity contribution in [2.24, 2.45) is 4.99 Å². The van der Waals surface area contributed by atoms with Gasteiger partial charge in [-0.3, -0.25) is 0 Å².